The Labute approximate surface area is 186 Å². The molecule has 2 aromatic rings. The van der Waals surface area contributed by atoms with Crippen LogP contribution >= 0.6 is 15.9 Å². The number of hydrogen-bond acceptors (Lipinski definition) is 4. The Bertz CT molecular complexity index is 829. The summed E-state index contributed by atoms with van der Waals surface area (Å²) in [5, 5.41) is 2.99. The van der Waals surface area contributed by atoms with Gasteiger partial charge < -0.3 is 10.1 Å². The van der Waals surface area contributed by atoms with Gasteiger partial charge in [0.2, 0.25) is 5.91 Å². The molecule has 0 saturated carbocycles. The minimum Gasteiger partial charge on any atom is -0.462 e. The van der Waals surface area contributed by atoms with Crippen LogP contribution in [0, 0.1) is 5.92 Å². The summed E-state index contributed by atoms with van der Waals surface area (Å²) in [5.41, 5.74) is 2.50. The normalized spacial score (nSPS) is 15.0. The van der Waals surface area contributed by atoms with Crippen molar-refractivity contribution < 1.29 is 14.3 Å². The van der Waals surface area contributed by atoms with Gasteiger partial charge in [-0.1, -0.05) is 41.4 Å². The van der Waals surface area contributed by atoms with Gasteiger partial charge in [0.15, 0.2) is 0 Å². The highest BCUT2D eigenvalue weighted by molar-refractivity contribution is 9.10. The van der Waals surface area contributed by atoms with Crippen LogP contribution in [0.1, 0.15) is 48.5 Å². The van der Waals surface area contributed by atoms with E-state index in [0.29, 0.717) is 17.9 Å². The Morgan fingerprint density at radius 1 is 1.07 bits per heavy atom. The van der Waals surface area contributed by atoms with Crippen molar-refractivity contribution >= 4 is 33.5 Å². The molecule has 0 bridgehead atoms. The lowest BCUT2D eigenvalue weighted by Gasteiger charge is -2.31. The Kier molecular flexibility index (Phi) is 8.46. The van der Waals surface area contributed by atoms with Crippen LogP contribution in [0.5, 0.6) is 0 Å². The number of amides is 1. The van der Waals surface area contributed by atoms with Crippen LogP contribution in [0.2, 0.25) is 0 Å². The van der Waals surface area contributed by atoms with Crippen LogP contribution in [-0.4, -0.2) is 36.5 Å². The summed E-state index contributed by atoms with van der Waals surface area (Å²) >= 11 is 3.46. The molecular formula is C24H29BrN2O3. The smallest absolute Gasteiger partial charge is 0.338 e. The number of anilines is 1. The SMILES string of the molecule is CCCCOC(=O)c1ccc(NC(=O)C2CCN(Cc3ccc(Br)cc3)CC2)cc1. The lowest BCUT2D eigenvalue weighted by atomic mass is 9.95. The van der Waals surface area contributed by atoms with Gasteiger partial charge in [0, 0.05) is 22.6 Å². The van der Waals surface area contributed by atoms with Crippen molar-refractivity contribution in [2.45, 2.75) is 39.2 Å². The predicted octanol–water partition coefficient (Wildman–Crippen LogP) is 5.26. The summed E-state index contributed by atoms with van der Waals surface area (Å²) < 4.78 is 6.30. The first-order valence-electron chi connectivity index (χ1n) is 10.6. The van der Waals surface area contributed by atoms with E-state index in [1.54, 1.807) is 24.3 Å². The van der Waals surface area contributed by atoms with Crippen LogP contribution in [0.25, 0.3) is 0 Å². The number of nitrogens with one attached hydrogen (secondary N) is 1. The molecule has 0 aliphatic carbocycles. The molecule has 30 heavy (non-hydrogen) atoms. The Balaban J connectivity index is 1.44. The Morgan fingerprint density at radius 3 is 2.37 bits per heavy atom. The van der Waals surface area contributed by atoms with E-state index in [4.69, 9.17) is 4.74 Å². The van der Waals surface area contributed by atoms with Crippen LogP contribution in [0.4, 0.5) is 5.69 Å². The van der Waals surface area contributed by atoms with E-state index in [1.807, 2.05) is 0 Å². The largest absolute Gasteiger partial charge is 0.462 e. The summed E-state index contributed by atoms with van der Waals surface area (Å²) in [4.78, 5) is 27.0. The number of likely N-dealkylation sites (tertiary alicyclic amines) is 1. The summed E-state index contributed by atoms with van der Waals surface area (Å²) in [7, 11) is 0. The number of hydrogen-bond donors (Lipinski definition) is 1. The molecular weight excluding hydrogens is 444 g/mol. The van der Waals surface area contributed by atoms with Gasteiger partial charge in [-0.3, -0.25) is 9.69 Å². The van der Waals surface area contributed by atoms with E-state index in [-0.39, 0.29) is 17.8 Å². The average molecular weight is 473 g/mol. The molecule has 1 amide bonds. The van der Waals surface area contributed by atoms with Gasteiger partial charge in [-0.15, -0.1) is 0 Å². The van der Waals surface area contributed by atoms with Gasteiger partial charge in [0.25, 0.3) is 0 Å². The van der Waals surface area contributed by atoms with E-state index in [0.717, 1.165) is 49.8 Å². The average Bonchev–Trinajstić information content (AvgIpc) is 2.76. The molecule has 0 unspecified atom stereocenters. The zero-order valence-electron chi connectivity index (χ0n) is 17.4. The van der Waals surface area contributed by atoms with E-state index in [2.05, 4.69) is 57.3 Å². The molecule has 1 heterocycles. The molecule has 0 aromatic heterocycles. The number of carbonyl (C=O) groups is 2. The molecule has 1 aliphatic rings. The van der Waals surface area contributed by atoms with Crippen molar-refractivity contribution in [3.8, 4) is 0 Å². The molecule has 1 N–H and O–H groups in total. The standard InChI is InChI=1S/C24H29BrN2O3/c1-2-3-16-30-24(29)20-6-10-22(11-7-20)26-23(28)19-12-14-27(15-13-19)17-18-4-8-21(25)9-5-18/h4-11,19H,2-3,12-17H2,1H3,(H,26,28). The maximum absolute atomic E-state index is 12.6. The zero-order valence-corrected chi connectivity index (χ0v) is 19.0. The maximum atomic E-state index is 12.6. The number of esters is 1. The van der Waals surface area contributed by atoms with Gasteiger partial charge >= 0.3 is 5.97 Å². The first kappa shape index (κ1) is 22.5. The minimum atomic E-state index is -0.320. The molecule has 3 rings (SSSR count). The van der Waals surface area contributed by atoms with E-state index in [1.165, 1.54) is 5.56 Å². The first-order chi connectivity index (χ1) is 14.5. The minimum absolute atomic E-state index is 0.0184. The Morgan fingerprint density at radius 2 is 1.73 bits per heavy atom. The van der Waals surface area contributed by atoms with Crippen molar-refractivity contribution in [3.05, 3.63) is 64.1 Å². The highest BCUT2D eigenvalue weighted by Gasteiger charge is 2.25. The second-order valence-electron chi connectivity index (χ2n) is 7.73. The van der Waals surface area contributed by atoms with Gasteiger partial charge in [0.05, 0.1) is 12.2 Å². The van der Waals surface area contributed by atoms with E-state index in [9.17, 15) is 9.59 Å². The molecule has 0 spiro atoms. The molecule has 2 aromatic carbocycles. The summed E-state index contributed by atoms with van der Waals surface area (Å²) in [5.74, 6) is -0.249. The van der Waals surface area contributed by atoms with Crippen LogP contribution < -0.4 is 5.32 Å². The van der Waals surface area contributed by atoms with Gasteiger partial charge in [-0.25, -0.2) is 4.79 Å². The fourth-order valence-corrected chi connectivity index (χ4v) is 3.79. The number of carbonyl (C=O) groups excluding carboxylic acids is 2. The number of halogens is 1. The number of ether oxygens (including phenoxy) is 1. The fourth-order valence-electron chi connectivity index (χ4n) is 3.53. The molecule has 1 fully saturated rings. The quantitative estimate of drug-likeness (QED) is 0.420. The number of rotatable bonds is 8. The highest BCUT2D eigenvalue weighted by atomic mass is 79.9. The summed E-state index contributed by atoms with van der Waals surface area (Å²) in [6.07, 6.45) is 3.55. The van der Waals surface area contributed by atoms with Crippen molar-refractivity contribution in [1.29, 1.82) is 0 Å². The molecule has 5 nitrogen and oxygen atoms in total. The fraction of sp³-hybridized carbons (Fsp3) is 0.417. The monoisotopic (exact) mass is 472 g/mol. The van der Waals surface area contributed by atoms with Crippen molar-refractivity contribution in [3.63, 3.8) is 0 Å². The second kappa shape index (κ2) is 11.3. The number of piperidine rings is 1. The number of nitrogens with zero attached hydrogens (tertiary/aromatic N) is 1. The molecule has 160 valence electrons. The second-order valence-corrected chi connectivity index (χ2v) is 8.65. The third kappa shape index (κ3) is 6.67. The van der Waals surface area contributed by atoms with Gasteiger partial charge in [-0.05, 0) is 74.3 Å². The summed E-state index contributed by atoms with van der Waals surface area (Å²) in [6, 6.07) is 15.3. The molecule has 0 atom stereocenters. The van der Waals surface area contributed by atoms with Crippen molar-refractivity contribution in [1.82, 2.24) is 4.90 Å². The number of benzene rings is 2. The van der Waals surface area contributed by atoms with Gasteiger partial charge in [0.1, 0.15) is 0 Å². The van der Waals surface area contributed by atoms with Crippen molar-refractivity contribution in [2.75, 3.05) is 25.0 Å². The summed E-state index contributed by atoms with van der Waals surface area (Å²) in [6.45, 7) is 5.23. The zero-order chi connectivity index (χ0) is 21.3. The maximum Gasteiger partial charge on any atom is 0.338 e. The van der Waals surface area contributed by atoms with Crippen LogP contribution in [-0.2, 0) is 16.1 Å². The Hall–Kier alpha value is -2.18. The van der Waals surface area contributed by atoms with E-state index >= 15 is 0 Å². The first-order valence-corrected chi connectivity index (χ1v) is 11.4. The lowest BCUT2D eigenvalue weighted by Crippen LogP contribution is -2.37. The topological polar surface area (TPSA) is 58.6 Å². The molecule has 0 radical (unpaired) electrons. The lowest BCUT2D eigenvalue weighted by molar-refractivity contribution is -0.121. The highest BCUT2D eigenvalue weighted by Crippen LogP contribution is 2.22. The molecule has 1 saturated heterocycles. The molecule has 1 aliphatic heterocycles. The van der Waals surface area contributed by atoms with Crippen molar-refractivity contribution in [2.24, 2.45) is 5.92 Å². The third-order valence-corrected chi connectivity index (χ3v) is 5.93. The van der Waals surface area contributed by atoms with Crippen LogP contribution in [0.3, 0.4) is 0 Å². The van der Waals surface area contributed by atoms with E-state index < -0.39 is 0 Å². The van der Waals surface area contributed by atoms with Crippen LogP contribution in [0.15, 0.2) is 53.0 Å². The predicted molar refractivity (Wildman–Crippen MR) is 122 cm³/mol. The third-order valence-electron chi connectivity index (χ3n) is 5.40. The molecule has 6 heteroatoms. The number of unbranched alkanes of at least 4 members (excludes halogenated alkanes) is 1. The van der Waals surface area contributed by atoms with Gasteiger partial charge in [-0.2, -0.15) is 0 Å².